The van der Waals surface area contributed by atoms with Gasteiger partial charge in [0, 0.05) is 18.2 Å². The summed E-state index contributed by atoms with van der Waals surface area (Å²) in [5.74, 6) is 1.29. The van der Waals surface area contributed by atoms with Crippen molar-refractivity contribution in [3.8, 4) is 17.1 Å². The topological polar surface area (TPSA) is 46.6 Å². The van der Waals surface area contributed by atoms with E-state index >= 15 is 0 Å². The third-order valence-electron chi connectivity index (χ3n) is 6.20. The highest BCUT2D eigenvalue weighted by Gasteiger charge is 2.34. The van der Waals surface area contributed by atoms with E-state index < -0.39 is 0 Å². The summed E-state index contributed by atoms with van der Waals surface area (Å²) in [6.07, 6.45) is 2.71. The van der Waals surface area contributed by atoms with Gasteiger partial charge in [-0.1, -0.05) is 48.5 Å². The molecule has 1 atom stereocenters. The molecule has 0 saturated heterocycles. The molecular weight excluding hydrogens is 439 g/mol. The largest absolute Gasteiger partial charge is 0.460 e. The highest BCUT2D eigenvalue weighted by Crippen LogP contribution is 2.41. The van der Waals surface area contributed by atoms with Crippen LogP contribution >= 0.6 is 0 Å². The zero-order valence-corrected chi connectivity index (χ0v) is 19.2. The van der Waals surface area contributed by atoms with Crippen molar-refractivity contribution in [1.29, 1.82) is 0 Å². The van der Waals surface area contributed by atoms with Gasteiger partial charge in [0.05, 0.1) is 23.1 Å². The van der Waals surface area contributed by atoms with E-state index in [1.807, 2.05) is 89.4 Å². The van der Waals surface area contributed by atoms with E-state index in [9.17, 15) is 4.39 Å². The molecular formula is C29H23FN4O. The summed E-state index contributed by atoms with van der Waals surface area (Å²) in [5.41, 5.74) is 5.53. The molecule has 35 heavy (non-hydrogen) atoms. The Hall–Kier alpha value is -4.45. The van der Waals surface area contributed by atoms with Gasteiger partial charge in [-0.3, -0.25) is 5.01 Å². The molecule has 0 fully saturated rings. The first kappa shape index (κ1) is 21.1. The van der Waals surface area contributed by atoms with Crippen molar-refractivity contribution in [2.75, 3.05) is 5.01 Å². The highest BCUT2D eigenvalue weighted by molar-refractivity contribution is 6.03. The van der Waals surface area contributed by atoms with Crippen LogP contribution in [0, 0.1) is 12.7 Å². The Morgan fingerprint density at radius 3 is 2.17 bits per heavy atom. The minimum Gasteiger partial charge on any atom is -0.460 e. The molecule has 3 heterocycles. The van der Waals surface area contributed by atoms with Gasteiger partial charge in [0.2, 0.25) is 0 Å². The van der Waals surface area contributed by atoms with Crippen molar-refractivity contribution in [3.63, 3.8) is 0 Å². The normalized spacial score (nSPS) is 15.4. The highest BCUT2D eigenvalue weighted by atomic mass is 19.1. The van der Waals surface area contributed by atoms with Gasteiger partial charge >= 0.3 is 0 Å². The summed E-state index contributed by atoms with van der Waals surface area (Å²) >= 11 is 0. The third-order valence-corrected chi connectivity index (χ3v) is 6.20. The van der Waals surface area contributed by atoms with Gasteiger partial charge in [-0.2, -0.15) is 10.2 Å². The molecule has 5 aromatic rings. The molecule has 6 heteroatoms. The lowest BCUT2D eigenvalue weighted by Gasteiger charge is -2.23. The fourth-order valence-corrected chi connectivity index (χ4v) is 4.49. The van der Waals surface area contributed by atoms with Gasteiger partial charge in [0.1, 0.15) is 17.3 Å². The van der Waals surface area contributed by atoms with Crippen molar-refractivity contribution in [3.05, 3.63) is 126 Å². The van der Waals surface area contributed by atoms with E-state index in [4.69, 9.17) is 14.6 Å². The van der Waals surface area contributed by atoms with Crippen molar-refractivity contribution >= 4 is 11.4 Å². The van der Waals surface area contributed by atoms with Gasteiger partial charge in [-0.15, -0.1) is 0 Å². The SMILES string of the molecule is Cc1ccc(-c2nn(-c3ccccc3)cc2[C@@H]2CC(c3ccc(F)cc3)=NN2c2ccccc2)o1. The van der Waals surface area contributed by atoms with Crippen LogP contribution in [-0.4, -0.2) is 15.5 Å². The Kier molecular flexibility index (Phi) is 5.26. The van der Waals surface area contributed by atoms with Crippen LogP contribution in [-0.2, 0) is 0 Å². The second-order valence-corrected chi connectivity index (χ2v) is 8.58. The predicted octanol–water partition coefficient (Wildman–Crippen LogP) is 6.94. The Labute approximate surface area is 202 Å². The summed E-state index contributed by atoms with van der Waals surface area (Å²) in [4.78, 5) is 0. The van der Waals surface area contributed by atoms with Crippen LogP contribution in [0.15, 0.2) is 113 Å². The van der Waals surface area contributed by atoms with E-state index in [0.717, 1.165) is 45.4 Å². The number of aryl methyl sites for hydroxylation is 1. The fraction of sp³-hybridized carbons (Fsp3) is 0.103. The van der Waals surface area contributed by atoms with Crippen LogP contribution in [0.4, 0.5) is 10.1 Å². The molecule has 1 aliphatic rings. The second-order valence-electron chi connectivity index (χ2n) is 8.58. The van der Waals surface area contributed by atoms with Gasteiger partial charge < -0.3 is 4.42 Å². The summed E-state index contributed by atoms with van der Waals surface area (Å²) in [6, 6.07) is 30.4. The van der Waals surface area contributed by atoms with Crippen LogP contribution in [0.1, 0.15) is 29.3 Å². The second kappa shape index (κ2) is 8.72. The average molecular weight is 463 g/mol. The number of halogens is 1. The summed E-state index contributed by atoms with van der Waals surface area (Å²) < 4.78 is 21.5. The zero-order chi connectivity index (χ0) is 23.8. The average Bonchev–Trinajstić information content (AvgIpc) is 3.63. The molecule has 0 aliphatic carbocycles. The van der Waals surface area contributed by atoms with Gasteiger partial charge in [0.25, 0.3) is 0 Å². The maximum absolute atomic E-state index is 13.6. The zero-order valence-electron chi connectivity index (χ0n) is 19.2. The summed E-state index contributed by atoms with van der Waals surface area (Å²) in [5, 5.41) is 12.0. The quantitative estimate of drug-likeness (QED) is 0.284. The van der Waals surface area contributed by atoms with Crippen molar-refractivity contribution in [2.45, 2.75) is 19.4 Å². The molecule has 0 spiro atoms. The summed E-state index contributed by atoms with van der Waals surface area (Å²) in [6.45, 7) is 1.93. The number of benzene rings is 3. The minimum atomic E-state index is -0.261. The van der Waals surface area contributed by atoms with Crippen LogP contribution in [0.3, 0.4) is 0 Å². The van der Waals surface area contributed by atoms with E-state index in [2.05, 4.69) is 6.20 Å². The van der Waals surface area contributed by atoms with Gasteiger partial charge in [-0.25, -0.2) is 9.07 Å². The standard InChI is InChI=1S/C29H23FN4O/c1-20-12-17-28(35-20)29-25(19-33(32-29)23-8-4-2-5-9-23)27-18-26(21-13-15-22(30)16-14-21)31-34(27)24-10-6-3-7-11-24/h2-17,19,27H,18H2,1H3/t27-/m0/s1. The van der Waals surface area contributed by atoms with Crippen molar-refractivity contribution in [2.24, 2.45) is 5.10 Å². The van der Waals surface area contributed by atoms with Crippen LogP contribution in [0.5, 0.6) is 0 Å². The molecule has 6 rings (SSSR count). The Morgan fingerprint density at radius 1 is 0.829 bits per heavy atom. The first-order chi connectivity index (χ1) is 17.2. The third kappa shape index (κ3) is 4.04. The molecule has 5 nitrogen and oxygen atoms in total. The van der Waals surface area contributed by atoms with Gasteiger partial charge in [-0.05, 0) is 61.0 Å². The van der Waals surface area contributed by atoms with E-state index in [1.165, 1.54) is 12.1 Å². The number of hydrogen-bond donors (Lipinski definition) is 0. The molecule has 0 saturated carbocycles. The maximum Gasteiger partial charge on any atom is 0.154 e. The monoisotopic (exact) mass is 462 g/mol. The number of hydrazone groups is 1. The van der Waals surface area contributed by atoms with E-state index in [0.29, 0.717) is 6.42 Å². The molecule has 3 aromatic carbocycles. The number of rotatable bonds is 5. The molecule has 0 N–H and O–H groups in total. The predicted molar refractivity (Wildman–Crippen MR) is 135 cm³/mol. The molecule has 2 aromatic heterocycles. The molecule has 172 valence electrons. The number of aromatic nitrogens is 2. The Morgan fingerprint density at radius 2 is 1.51 bits per heavy atom. The Balaban J connectivity index is 1.49. The van der Waals surface area contributed by atoms with Crippen LogP contribution < -0.4 is 5.01 Å². The van der Waals surface area contributed by atoms with Crippen molar-refractivity contribution < 1.29 is 8.81 Å². The molecule has 0 bridgehead atoms. The smallest absolute Gasteiger partial charge is 0.154 e. The van der Waals surface area contributed by atoms with Crippen LogP contribution in [0.2, 0.25) is 0 Å². The molecule has 0 amide bonds. The number of nitrogens with zero attached hydrogens (tertiary/aromatic N) is 4. The maximum atomic E-state index is 13.6. The first-order valence-corrected chi connectivity index (χ1v) is 11.6. The van der Waals surface area contributed by atoms with E-state index in [1.54, 1.807) is 12.1 Å². The fourth-order valence-electron chi connectivity index (χ4n) is 4.49. The van der Waals surface area contributed by atoms with Crippen LogP contribution in [0.25, 0.3) is 17.1 Å². The lowest BCUT2D eigenvalue weighted by Crippen LogP contribution is -2.18. The van der Waals surface area contributed by atoms with Crippen molar-refractivity contribution in [1.82, 2.24) is 9.78 Å². The van der Waals surface area contributed by atoms with E-state index in [-0.39, 0.29) is 11.9 Å². The minimum absolute atomic E-state index is 0.115. The lowest BCUT2D eigenvalue weighted by atomic mass is 9.98. The molecule has 0 radical (unpaired) electrons. The number of anilines is 1. The number of para-hydroxylation sites is 2. The van der Waals surface area contributed by atoms with Gasteiger partial charge in [0.15, 0.2) is 5.76 Å². The lowest BCUT2D eigenvalue weighted by molar-refractivity contribution is 0.544. The first-order valence-electron chi connectivity index (χ1n) is 11.6. The number of furan rings is 1. The Bertz CT molecular complexity index is 1490. The number of hydrogen-bond acceptors (Lipinski definition) is 4. The molecule has 1 aliphatic heterocycles. The summed E-state index contributed by atoms with van der Waals surface area (Å²) in [7, 11) is 0. The molecule has 0 unspecified atom stereocenters.